The molecule has 3 aromatic rings. The van der Waals surface area contributed by atoms with Crippen LogP contribution >= 0.6 is 0 Å². The lowest BCUT2D eigenvalue weighted by Crippen LogP contribution is -2.42. The number of nitrogens with zero attached hydrogens (tertiary/aromatic N) is 2. The number of ketones is 1. The normalized spacial score (nSPS) is 20.9. The van der Waals surface area contributed by atoms with Crippen LogP contribution < -0.4 is 10.2 Å². The maximum Gasteiger partial charge on any atom is 0.267 e. The van der Waals surface area contributed by atoms with E-state index in [1.165, 1.54) is 22.5 Å². The molecule has 1 amide bonds. The standard InChI is InChI=1S/C27H29N3O4/c1-29-17-20(21-5-2-3-6-23(21)29)18-30-13-4-11-27(12-14-30)16-24(31)22-15-19(7-9-25(22)34-27)8-10-26(32)28-33/h2-3,5-10,15,17,33H,4,11-14,16,18H2,1H3,(H,28,32). The van der Waals surface area contributed by atoms with Gasteiger partial charge in [0.05, 0.1) is 12.0 Å². The molecule has 3 heterocycles. The number of carbonyl (C=O) groups is 2. The minimum Gasteiger partial charge on any atom is -0.486 e. The molecule has 1 spiro atoms. The van der Waals surface area contributed by atoms with Crippen molar-refractivity contribution in [3.05, 3.63) is 71.4 Å². The van der Waals surface area contributed by atoms with Gasteiger partial charge in [0, 0.05) is 49.7 Å². The van der Waals surface area contributed by atoms with E-state index in [9.17, 15) is 9.59 Å². The molecule has 2 aliphatic rings. The largest absolute Gasteiger partial charge is 0.486 e. The molecule has 1 aromatic heterocycles. The molecule has 1 unspecified atom stereocenters. The van der Waals surface area contributed by atoms with Gasteiger partial charge in [-0.2, -0.15) is 0 Å². The Labute approximate surface area is 198 Å². The summed E-state index contributed by atoms with van der Waals surface area (Å²) in [5.41, 5.74) is 4.92. The fourth-order valence-electron chi connectivity index (χ4n) is 5.28. The first-order valence-electron chi connectivity index (χ1n) is 11.7. The molecule has 7 nitrogen and oxygen atoms in total. The maximum atomic E-state index is 13.1. The van der Waals surface area contributed by atoms with E-state index in [-0.39, 0.29) is 5.78 Å². The van der Waals surface area contributed by atoms with Gasteiger partial charge in [-0.3, -0.25) is 19.7 Å². The Balaban J connectivity index is 1.30. The number of carbonyl (C=O) groups excluding carboxylic acids is 2. The van der Waals surface area contributed by atoms with Crippen molar-refractivity contribution < 1.29 is 19.5 Å². The van der Waals surface area contributed by atoms with Crippen molar-refractivity contribution in [2.45, 2.75) is 37.8 Å². The second kappa shape index (κ2) is 9.08. The fraction of sp³-hybridized carbons (Fsp3) is 0.333. The number of hydrogen-bond donors (Lipinski definition) is 2. The number of likely N-dealkylation sites (tertiary alicyclic amines) is 1. The number of aryl methyl sites for hydroxylation is 1. The fourth-order valence-corrected chi connectivity index (χ4v) is 5.28. The number of Topliss-reactive ketones (excluding diaryl/α,β-unsaturated/α-hetero) is 1. The Morgan fingerprint density at radius 3 is 2.91 bits per heavy atom. The zero-order valence-corrected chi connectivity index (χ0v) is 19.3. The van der Waals surface area contributed by atoms with E-state index in [1.807, 2.05) is 12.1 Å². The highest BCUT2D eigenvalue weighted by Crippen LogP contribution is 2.40. The predicted molar refractivity (Wildman–Crippen MR) is 130 cm³/mol. The quantitative estimate of drug-likeness (QED) is 0.349. The predicted octanol–water partition coefficient (Wildman–Crippen LogP) is 4.09. The number of amides is 1. The van der Waals surface area contributed by atoms with Crippen molar-refractivity contribution in [1.29, 1.82) is 0 Å². The summed E-state index contributed by atoms with van der Waals surface area (Å²) < 4.78 is 8.67. The molecule has 176 valence electrons. The molecular weight excluding hydrogens is 430 g/mol. The lowest BCUT2D eigenvalue weighted by molar-refractivity contribution is -0.124. The van der Waals surface area contributed by atoms with Crippen LogP contribution in [-0.2, 0) is 18.4 Å². The van der Waals surface area contributed by atoms with Crippen molar-refractivity contribution in [3.8, 4) is 5.75 Å². The summed E-state index contributed by atoms with van der Waals surface area (Å²) in [5.74, 6) is 0.0684. The molecule has 0 radical (unpaired) electrons. The van der Waals surface area contributed by atoms with Gasteiger partial charge in [0.2, 0.25) is 0 Å². The molecule has 1 saturated heterocycles. The van der Waals surface area contributed by atoms with Gasteiger partial charge in [-0.15, -0.1) is 0 Å². The Morgan fingerprint density at radius 2 is 2.06 bits per heavy atom. The van der Waals surface area contributed by atoms with Crippen LogP contribution in [0.4, 0.5) is 0 Å². The average Bonchev–Trinajstić information content (AvgIpc) is 3.03. The van der Waals surface area contributed by atoms with Crippen LogP contribution in [0.2, 0.25) is 0 Å². The van der Waals surface area contributed by atoms with Crippen LogP contribution in [0.3, 0.4) is 0 Å². The smallest absolute Gasteiger partial charge is 0.267 e. The summed E-state index contributed by atoms with van der Waals surface area (Å²) in [6.07, 6.45) is 7.99. The van der Waals surface area contributed by atoms with Crippen molar-refractivity contribution in [2.75, 3.05) is 13.1 Å². The van der Waals surface area contributed by atoms with E-state index >= 15 is 0 Å². The Hall–Kier alpha value is -3.42. The third-order valence-electron chi connectivity index (χ3n) is 7.01. The summed E-state index contributed by atoms with van der Waals surface area (Å²) in [6.45, 7) is 2.74. The van der Waals surface area contributed by atoms with Gasteiger partial charge in [0.15, 0.2) is 5.78 Å². The van der Waals surface area contributed by atoms with Crippen molar-refractivity contribution >= 4 is 28.7 Å². The summed E-state index contributed by atoms with van der Waals surface area (Å²) in [6, 6.07) is 13.9. The number of nitrogens with one attached hydrogen (secondary N) is 1. The van der Waals surface area contributed by atoms with Gasteiger partial charge in [-0.1, -0.05) is 24.3 Å². The van der Waals surface area contributed by atoms with E-state index in [4.69, 9.17) is 9.94 Å². The average molecular weight is 460 g/mol. The van der Waals surface area contributed by atoms with Crippen LogP contribution in [0.5, 0.6) is 5.75 Å². The SMILES string of the molecule is Cn1cc(CN2CCCC3(CC2)CC(=O)c2cc(C=CC(=O)NO)ccc2O3)c2ccccc21. The molecule has 0 aliphatic carbocycles. The van der Waals surface area contributed by atoms with Crippen LogP contribution in [0.25, 0.3) is 17.0 Å². The molecule has 7 heteroatoms. The van der Waals surface area contributed by atoms with Crippen LogP contribution in [0.15, 0.2) is 54.7 Å². The molecular formula is C27H29N3O4. The van der Waals surface area contributed by atoms with E-state index in [1.54, 1.807) is 17.6 Å². The van der Waals surface area contributed by atoms with Crippen LogP contribution in [0.1, 0.15) is 47.2 Å². The zero-order valence-electron chi connectivity index (χ0n) is 19.3. The Bertz CT molecular complexity index is 1280. The second-order valence-electron chi connectivity index (χ2n) is 9.36. The first-order chi connectivity index (χ1) is 16.5. The molecule has 2 aromatic carbocycles. The molecule has 1 atom stereocenters. The first-order valence-corrected chi connectivity index (χ1v) is 11.7. The number of ether oxygens (including phenoxy) is 1. The zero-order chi connectivity index (χ0) is 23.7. The molecule has 1 fully saturated rings. The molecule has 5 rings (SSSR count). The number of para-hydroxylation sites is 1. The molecule has 34 heavy (non-hydrogen) atoms. The first kappa shape index (κ1) is 22.4. The van der Waals surface area contributed by atoms with E-state index in [0.717, 1.165) is 38.9 Å². The van der Waals surface area contributed by atoms with Crippen molar-refractivity contribution in [2.24, 2.45) is 7.05 Å². The van der Waals surface area contributed by atoms with Crippen molar-refractivity contribution in [1.82, 2.24) is 14.9 Å². The molecule has 0 bridgehead atoms. The Morgan fingerprint density at radius 1 is 1.21 bits per heavy atom. The highest BCUT2D eigenvalue weighted by atomic mass is 16.5. The third-order valence-corrected chi connectivity index (χ3v) is 7.01. The summed E-state index contributed by atoms with van der Waals surface area (Å²) >= 11 is 0. The van der Waals surface area contributed by atoms with E-state index in [0.29, 0.717) is 23.3 Å². The van der Waals surface area contributed by atoms with E-state index in [2.05, 4.69) is 47.0 Å². The van der Waals surface area contributed by atoms with Gasteiger partial charge in [0.25, 0.3) is 5.91 Å². The number of hydroxylamine groups is 1. The summed E-state index contributed by atoms with van der Waals surface area (Å²) in [7, 11) is 2.09. The monoisotopic (exact) mass is 459 g/mol. The topological polar surface area (TPSA) is 83.8 Å². The molecule has 0 saturated carbocycles. The van der Waals surface area contributed by atoms with Gasteiger partial charge in [0.1, 0.15) is 11.4 Å². The minimum atomic E-state index is -0.620. The van der Waals surface area contributed by atoms with Gasteiger partial charge >= 0.3 is 0 Å². The third kappa shape index (κ3) is 4.36. The number of fused-ring (bicyclic) bond motifs is 2. The highest BCUT2D eigenvalue weighted by molar-refractivity contribution is 6.01. The summed E-state index contributed by atoms with van der Waals surface area (Å²) in [5, 5.41) is 9.92. The van der Waals surface area contributed by atoms with E-state index < -0.39 is 11.5 Å². The van der Waals surface area contributed by atoms with Crippen molar-refractivity contribution in [3.63, 3.8) is 0 Å². The van der Waals surface area contributed by atoms with Gasteiger partial charge in [-0.25, -0.2) is 5.48 Å². The number of benzene rings is 2. The lowest BCUT2D eigenvalue weighted by atomic mass is 9.84. The molecule has 2 N–H and O–H groups in total. The van der Waals surface area contributed by atoms with Crippen LogP contribution in [-0.4, -0.2) is 45.1 Å². The number of hydrogen-bond acceptors (Lipinski definition) is 5. The number of rotatable bonds is 4. The van der Waals surface area contributed by atoms with Crippen LogP contribution in [0, 0.1) is 0 Å². The van der Waals surface area contributed by atoms with Gasteiger partial charge in [-0.05, 0) is 54.8 Å². The second-order valence-corrected chi connectivity index (χ2v) is 9.36. The highest BCUT2D eigenvalue weighted by Gasteiger charge is 2.41. The molecule has 2 aliphatic heterocycles. The minimum absolute atomic E-state index is 0.0746. The van der Waals surface area contributed by atoms with Gasteiger partial charge < -0.3 is 9.30 Å². The lowest BCUT2D eigenvalue weighted by Gasteiger charge is -2.37. The number of aromatic nitrogens is 1. The Kier molecular flexibility index (Phi) is 5.98. The maximum absolute atomic E-state index is 13.1. The summed E-state index contributed by atoms with van der Waals surface area (Å²) in [4.78, 5) is 26.8.